The minimum atomic E-state index is -0.379. The van der Waals surface area contributed by atoms with E-state index in [4.69, 9.17) is 0 Å². The first-order valence-electron chi connectivity index (χ1n) is 6.72. The van der Waals surface area contributed by atoms with Gasteiger partial charge in [0.05, 0.1) is 5.52 Å². The SMILES string of the molecule is CCc1[nH]nc(NC(=O)c2cc3cccc(F)c3[nH]2)c1C. The van der Waals surface area contributed by atoms with E-state index in [0.717, 1.165) is 17.7 Å². The summed E-state index contributed by atoms with van der Waals surface area (Å²) in [4.78, 5) is 15.0. The van der Waals surface area contributed by atoms with Gasteiger partial charge in [0.2, 0.25) is 0 Å². The highest BCUT2D eigenvalue weighted by Crippen LogP contribution is 2.20. The lowest BCUT2D eigenvalue weighted by Gasteiger charge is -2.01. The van der Waals surface area contributed by atoms with Crippen LogP contribution >= 0.6 is 0 Å². The van der Waals surface area contributed by atoms with Crippen LogP contribution < -0.4 is 5.32 Å². The second kappa shape index (κ2) is 5.05. The van der Waals surface area contributed by atoms with E-state index in [9.17, 15) is 9.18 Å². The molecule has 5 nitrogen and oxygen atoms in total. The fourth-order valence-corrected chi connectivity index (χ4v) is 2.32. The Balaban J connectivity index is 1.90. The number of aromatic nitrogens is 3. The van der Waals surface area contributed by atoms with Crippen molar-refractivity contribution in [2.75, 3.05) is 5.32 Å². The zero-order chi connectivity index (χ0) is 15.0. The van der Waals surface area contributed by atoms with Gasteiger partial charge in [-0.1, -0.05) is 19.1 Å². The molecule has 0 aliphatic heterocycles. The Morgan fingerprint density at radius 2 is 2.24 bits per heavy atom. The minimum absolute atomic E-state index is 0.301. The van der Waals surface area contributed by atoms with Crippen molar-refractivity contribution in [2.45, 2.75) is 20.3 Å². The molecule has 1 aromatic carbocycles. The maximum absolute atomic E-state index is 13.6. The minimum Gasteiger partial charge on any atom is -0.348 e. The summed E-state index contributed by atoms with van der Waals surface area (Å²) in [5, 5.41) is 10.3. The first-order chi connectivity index (χ1) is 10.1. The van der Waals surface area contributed by atoms with Crippen LogP contribution in [0.1, 0.15) is 28.7 Å². The molecule has 0 spiro atoms. The Bertz CT molecular complexity index is 818. The second-order valence-electron chi connectivity index (χ2n) is 4.87. The maximum atomic E-state index is 13.6. The number of amides is 1. The lowest BCUT2D eigenvalue weighted by molar-refractivity contribution is 0.102. The molecule has 0 aliphatic rings. The number of carbonyl (C=O) groups excluding carboxylic acids is 1. The number of fused-ring (bicyclic) bond motifs is 1. The first kappa shape index (κ1) is 13.4. The molecule has 21 heavy (non-hydrogen) atoms. The Hall–Kier alpha value is -2.63. The van der Waals surface area contributed by atoms with E-state index in [1.165, 1.54) is 6.07 Å². The molecule has 0 unspecified atom stereocenters. The fraction of sp³-hybridized carbons (Fsp3) is 0.200. The van der Waals surface area contributed by atoms with E-state index < -0.39 is 0 Å². The van der Waals surface area contributed by atoms with Gasteiger partial charge in [0.25, 0.3) is 5.91 Å². The molecule has 0 radical (unpaired) electrons. The number of benzene rings is 1. The van der Waals surface area contributed by atoms with Crippen molar-refractivity contribution < 1.29 is 9.18 Å². The van der Waals surface area contributed by atoms with E-state index in [1.54, 1.807) is 18.2 Å². The average molecular weight is 286 g/mol. The van der Waals surface area contributed by atoms with Crippen LogP contribution in [0.5, 0.6) is 0 Å². The van der Waals surface area contributed by atoms with Gasteiger partial charge in [-0.15, -0.1) is 0 Å². The third kappa shape index (κ3) is 2.29. The van der Waals surface area contributed by atoms with Crippen molar-refractivity contribution in [1.82, 2.24) is 15.2 Å². The number of rotatable bonds is 3. The van der Waals surface area contributed by atoms with Crippen LogP contribution in [0.25, 0.3) is 10.9 Å². The number of nitrogens with one attached hydrogen (secondary N) is 3. The predicted octanol–water partition coefficient (Wildman–Crippen LogP) is 3.15. The van der Waals surface area contributed by atoms with Gasteiger partial charge in [0.1, 0.15) is 11.5 Å². The molecule has 0 fully saturated rings. The highest BCUT2D eigenvalue weighted by Gasteiger charge is 2.15. The van der Waals surface area contributed by atoms with Crippen LogP contribution in [-0.2, 0) is 6.42 Å². The number of nitrogens with zero attached hydrogens (tertiary/aromatic N) is 1. The molecular formula is C15H15FN4O. The summed E-state index contributed by atoms with van der Waals surface area (Å²) in [7, 11) is 0. The summed E-state index contributed by atoms with van der Waals surface area (Å²) in [6.07, 6.45) is 0.812. The van der Waals surface area contributed by atoms with Crippen LogP contribution in [0.4, 0.5) is 10.2 Å². The molecule has 2 aromatic heterocycles. The molecule has 0 saturated carbocycles. The molecule has 2 heterocycles. The summed E-state index contributed by atoms with van der Waals surface area (Å²) in [6.45, 7) is 3.90. The van der Waals surface area contributed by atoms with Gasteiger partial charge in [-0.05, 0) is 25.5 Å². The molecule has 3 rings (SSSR count). The van der Waals surface area contributed by atoms with Gasteiger partial charge in [-0.2, -0.15) is 5.10 Å². The number of aryl methyl sites for hydroxylation is 1. The molecule has 0 saturated heterocycles. The largest absolute Gasteiger partial charge is 0.348 e. The second-order valence-corrected chi connectivity index (χ2v) is 4.87. The van der Waals surface area contributed by atoms with E-state index in [0.29, 0.717) is 22.4 Å². The molecule has 1 amide bonds. The zero-order valence-corrected chi connectivity index (χ0v) is 11.7. The number of halogens is 1. The number of hydrogen-bond acceptors (Lipinski definition) is 2. The van der Waals surface area contributed by atoms with Crippen molar-refractivity contribution in [1.29, 1.82) is 0 Å². The van der Waals surface area contributed by atoms with Crippen LogP contribution in [-0.4, -0.2) is 21.1 Å². The number of aromatic amines is 2. The highest BCUT2D eigenvalue weighted by molar-refractivity contribution is 6.05. The summed E-state index contributed by atoms with van der Waals surface area (Å²) >= 11 is 0. The maximum Gasteiger partial charge on any atom is 0.273 e. The summed E-state index contributed by atoms with van der Waals surface area (Å²) in [5.41, 5.74) is 2.52. The molecule has 6 heteroatoms. The third-order valence-electron chi connectivity index (χ3n) is 3.55. The molecule has 0 bridgehead atoms. The standard InChI is InChI=1S/C15H15FN4O/c1-3-11-8(2)14(20-19-11)18-15(21)12-7-9-5-4-6-10(16)13(9)17-12/h4-7,17H,3H2,1-2H3,(H2,18,19,20,21). The number of anilines is 1. The summed E-state index contributed by atoms with van der Waals surface area (Å²) in [6, 6.07) is 6.33. The van der Waals surface area contributed by atoms with E-state index in [2.05, 4.69) is 20.5 Å². The molecule has 3 N–H and O–H groups in total. The van der Waals surface area contributed by atoms with Gasteiger partial charge in [0.15, 0.2) is 5.82 Å². The zero-order valence-electron chi connectivity index (χ0n) is 11.7. The van der Waals surface area contributed by atoms with Gasteiger partial charge in [-0.25, -0.2) is 4.39 Å². The monoisotopic (exact) mass is 286 g/mol. The van der Waals surface area contributed by atoms with Crippen LogP contribution in [0.2, 0.25) is 0 Å². The molecule has 108 valence electrons. The van der Waals surface area contributed by atoms with E-state index >= 15 is 0 Å². The Kier molecular flexibility index (Phi) is 3.21. The Labute approximate surface area is 120 Å². The number of para-hydroxylation sites is 1. The van der Waals surface area contributed by atoms with Gasteiger partial charge < -0.3 is 10.3 Å². The quantitative estimate of drug-likeness (QED) is 0.692. The van der Waals surface area contributed by atoms with Crippen LogP contribution in [0.15, 0.2) is 24.3 Å². The highest BCUT2D eigenvalue weighted by atomic mass is 19.1. The van der Waals surface area contributed by atoms with Crippen molar-refractivity contribution in [3.8, 4) is 0 Å². The fourth-order valence-electron chi connectivity index (χ4n) is 2.32. The predicted molar refractivity (Wildman–Crippen MR) is 78.9 cm³/mol. The summed E-state index contributed by atoms with van der Waals surface area (Å²) < 4.78 is 13.6. The average Bonchev–Trinajstić information content (AvgIpc) is 3.05. The molecule has 0 aliphatic carbocycles. The smallest absolute Gasteiger partial charge is 0.273 e. The molecule has 0 atom stereocenters. The molecule has 3 aromatic rings. The van der Waals surface area contributed by atoms with Crippen molar-refractivity contribution in [2.24, 2.45) is 0 Å². The number of H-pyrrole nitrogens is 2. The van der Waals surface area contributed by atoms with Crippen molar-refractivity contribution in [3.63, 3.8) is 0 Å². The number of hydrogen-bond donors (Lipinski definition) is 3. The van der Waals surface area contributed by atoms with Crippen LogP contribution in [0.3, 0.4) is 0 Å². The van der Waals surface area contributed by atoms with Gasteiger partial charge >= 0.3 is 0 Å². The Morgan fingerprint density at radius 1 is 1.43 bits per heavy atom. The topological polar surface area (TPSA) is 73.6 Å². The van der Waals surface area contributed by atoms with E-state index in [-0.39, 0.29) is 11.7 Å². The van der Waals surface area contributed by atoms with E-state index in [1.807, 2.05) is 13.8 Å². The lowest BCUT2D eigenvalue weighted by atomic mass is 10.2. The molecular weight excluding hydrogens is 271 g/mol. The van der Waals surface area contributed by atoms with Crippen LogP contribution in [0, 0.1) is 12.7 Å². The van der Waals surface area contributed by atoms with Crippen molar-refractivity contribution >= 4 is 22.6 Å². The van der Waals surface area contributed by atoms with Gasteiger partial charge in [-0.3, -0.25) is 9.89 Å². The Morgan fingerprint density at radius 3 is 2.90 bits per heavy atom. The normalized spacial score (nSPS) is 11.0. The number of carbonyl (C=O) groups is 1. The van der Waals surface area contributed by atoms with Crippen molar-refractivity contribution in [3.05, 3.63) is 47.0 Å². The summed E-state index contributed by atoms with van der Waals surface area (Å²) in [5.74, 6) is -0.227. The first-order valence-corrected chi connectivity index (χ1v) is 6.72. The lowest BCUT2D eigenvalue weighted by Crippen LogP contribution is -2.13. The van der Waals surface area contributed by atoms with Gasteiger partial charge in [0, 0.05) is 16.6 Å². The third-order valence-corrected chi connectivity index (χ3v) is 3.55.